The average Bonchev–Trinajstić information content (AvgIpc) is 3.55. The van der Waals surface area contributed by atoms with Crippen molar-refractivity contribution in [3.8, 4) is 0 Å². The van der Waals surface area contributed by atoms with Crippen LogP contribution in [0.25, 0.3) is 1.43 Å². The third-order valence-corrected chi connectivity index (χ3v) is 12.6. The van der Waals surface area contributed by atoms with Crippen LogP contribution < -0.4 is 15.5 Å². The lowest BCUT2D eigenvalue weighted by atomic mass is 9.81. The van der Waals surface area contributed by atoms with Gasteiger partial charge >= 0.3 is 5.97 Å². The number of nitrogens with one attached hydrogen (secondary N) is 2. The molecule has 0 atom stereocenters. The third kappa shape index (κ3) is 10.1. The number of carboxylic acids is 1. The van der Waals surface area contributed by atoms with Crippen molar-refractivity contribution in [2.24, 2.45) is 0 Å². The van der Waals surface area contributed by atoms with Gasteiger partial charge in [-0.3, -0.25) is 14.1 Å². The summed E-state index contributed by atoms with van der Waals surface area (Å²) in [6.45, 7) is 9.57. The number of carboxylic acid groups (broad SMARTS) is 1. The van der Waals surface area contributed by atoms with Gasteiger partial charge in [0, 0.05) is 76.6 Å². The Balaban J connectivity index is 1.33. The minimum absolute atomic E-state index is 0.00221. The summed E-state index contributed by atoms with van der Waals surface area (Å²) < 4.78 is 48.3. The van der Waals surface area contributed by atoms with E-state index in [1.807, 2.05) is 56.4 Å². The third-order valence-electron chi connectivity index (χ3n) is 11.2. The van der Waals surface area contributed by atoms with Crippen LogP contribution in [0, 0.1) is 0 Å². The number of benzene rings is 3. The van der Waals surface area contributed by atoms with Crippen LogP contribution in [-0.2, 0) is 39.9 Å². The van der Waals surface area contributed by atoms with Crippen molar-refractivity contribution in [1.82, 2.24) is 0 Å². The summed E-state index contributed by atoms with van der Waals surface area (Å²) in [5, 5.41) is 22.4. The van der Waals surface area contributed by atoms with E-state index >= 15 is 0 Å². The van der Waals surface area contributed by atoms with E-state index in [0.717, 1.165) is 63.7 Å². The van der Waals surface area contributed by atoms with Crippen LogP contribution in [0.1, 0.15) is 101 Å². The van der Waals surface area contributed by atoms with Crippen LogP contribution in [0.5, 0.6) is 0 Å². The Morgan fingerprint density at radius 2 is 1.55 bits per heavy atom. The van der Waals surface area contributed by atoms with Crippen molar-refractivity contribution in [3.05, 3.63) is 107 Å². The zero-order chi connectivity index (χ0) is 44.0. The van der Waals surface area contributed by atoms with E-state index < -0.39 is 26.9 Å². The van der Waals surface area contributed by atoms with E-state index in [1.54, 1.807) is 12.1 Å². The van der Waals surface area contributed by atoms with E-state index in [9.17, 15) is 27.4 Å². The summed E-state index contributed by atoms with van der Waals surface area (Å²) in [5.74, 6) is -1.48. The van der Waals surface area contributed by atoms with E-state index in [-0.39, 0.29) is 46.5 Å². The Morgan fingerprint density at radius 3 is 2.22 bits per heavy atom. The Morgan fingerprint density at radius 1 is 0.850 bits per heavy atom. The summed E-state index contributed by atoms with van der Waals surface area (Å²) >= 11 is 0.896. The van der Waals surface area contributed by atoms with Gasteiger partial charge in [-0.2, -0.15) is 13.0 Å². The molecule has 0 aliphatic carbocycles. The van der Waals surface area contributed by atoms with Gasteiger partial charge in [-0.05, 0) is 99.7 Å². The molecule has 0 saturated heterocycles. The Hall–Kier alpha value is -5.10. The average molecular weight is 861 g/mol. The molecule has 3 aliphatic heterocycles. The second-order valence-corrected chi connectivity index (χ2v) is 18.3. The maximum atomic E-state index is 13.1. The smallest absolute Gasteiger partial charge is 0.335 e. The molecule has 0 radical (unpaired) electrons. The molecule has 0 unspecified atom stereocenters. The lowest BCUT2D eigenvalue weighted by molar-refractivity contribution is -0.438. The number of carbonyl (C=O) groups is 3. The highest BCUT2D eigenvalue weighted by Gasteiger charge is 2.44. The highest BCUT2D eigenvalue weighted by molar-refractivity contribution is 7.94. The molecular formula is C44H51N4O10S2+. The van der Waals surface area contributed by atoms with E-state index in [0.29, 0.717) is 38.8 Å². The molecular weight excluding hydrogens is 809 g/mol. The fourth-order valence-electron chi connectivity index (χ4n) is 8.22. The predicted octanol–water partition coefficient (Wildman–Crippen LogP) is 8.94. The summed E-state index contributed by atoms with van der Waals surface area (Å²) in [4.78, 5) is 41.2. The molecule has 2 amide bonds. The first-order chi connectivity index (χ1) is 29.0. The molecule has 3 aromatic carbocycles. The number of nitrogens with zero attached hydrogens (tertiary/aromatic N) is 2. The first-order valence-corrected chi connectivity index (χ1v) is 22.0. The standard InChI is InChI=1S/C44H50N4O10S2/c1-43(2)34-27-32(59-58-57-53)18-20-36(34)47-22-12-6-10-16-40(49)45-30-24-29(42(51)52)25-31(26-30)46-41(50)17-11-7-13-23-48-37-21-19-33(60(54,55)56)28-35(37)44(3,4)39(48)15-9-5-8-14-38(43)47/h5,8-9,14-15,18-21,24-28H,6-7,10-13,16-17,22-23H2,1-4H3,(H4-,45,46,49,50,51,52,53,54,55,56)/p+1/i/hD. The van der Waals surface area contributed by atoms with Gasteiger partial charge in [0.05, 0.1) is 27.9 Å². The number of aromatic carboxylic acids is 1. The largest absolute Gasteiger partial charge is 0.478 e. The summed E-state index contributed by atoms with van der Waals surface area (Å²) in [6, 6.07) is 14.9. The van der Waals surface area contributed by atoms with E-state index in [1.165, 1.54) is 24.3 Å². The van der Waals surface area contributed by atoms with Crippen LogP contribution in [0.15, 0.2) is 100 Å². The number of hydrogen-bond acceptors (Lipinski definition) is 11. The lowest BCUT2D eigenvalue weighted by Crippen LogP contribution is -2.28. The van der Waals surface area contributed by atoms with Crippen molar-refractivity contribution in [3.63, 3.8) is 0 Å². The number of rotatable bonds is 5. The Bertz CT molecular complexity index is 2430. The number of anilines is 3. The molecule has 0 aromatic heterocycles. The molecule has 60 heavy (non-hydrogen) atoms. The Kier molecular flexibility index (Phi) is 13.4. The lowest BCUT2D eigenvalue weighted by Gasteiger charge is -2.27. The fourth-order valence-corrected chi connectivity index (χ4v) is 9.12. The molecule has 5 N–H and O–H groups in total. The molecule has 0 saturated carbocycles. The zero-order valence-electron chi connectivity index (χ0n) is 35.0. The zero-order valence-corrected chi connectivity index (χ0v) is 35.7. The summed E-state index contributed by atoms with van der Waals surface area (Å²) in [5.41, 5.74) is 5.20. The first kappa shape index (κ1) is 43.0. The second-order valence-electron chi connectivity index (χ2n) is 16.1. The SMILES string of the molecule is [2H]OC(=O)c1cc2cc(c1)NC(=O)CCCCC[N+]1=C(/C=C/C=C/C=C3/N(CCCCCC(=O)N2)c2ccc(S(=O)(=O)O)cc2C3(C)C)C(C)(C)c2cc(SOOO)ccc21. The van der Waals surface area contributed by atoms with Gasteiger partial charge in [-0.25, -0.2) is 10.1 Å². The first-order valence-electron chi connectivity index (χ1n) is 20.3. The van der Waals surface area contributed by atoms with Gasteiger partial charge in [-0.1, -0.05) is 43.5 Å². The molecule has 0 spiro atoms. The number of allylic oxidation sites excluding steroid dienone is 6. The van der Waals surface area contributed by atoms with Gasteiger partial charge in [-0.15, -0.1) is 4.33 Å². The topological polar surface area (TPSA) is 195 Å². The number of fused-ring (bicyclic) bond motifs is 7. The van der Waals surface area contributed by atoms with E-state index in [4.69, 9.17) is 11.0 Å². The van der Waals surface area contributed by atoms with Crippen molar-refractivity contribution < 1.29 is 51.7 Å². The number of amides is 2. The quantitative estimate of drug-likeness (QED) is 0.0538. The van der Waals surface area contributed by atoms with Gasteiger partial charge in [0.2, 0.25) is 17.5 Å². The van der Waals surface area contributed by atoms with Gasteiger partial charge in [0.1, 0.15) is 6.54 Å². The van der Waals surface area contributed by atoms with Crippen LogP contribution in [-0.4, -0.2) is 64.5 Å². The highest BCUT2D eigenvalue weighted by atomic mass is 32.2. The van der Waals surface area contributed by atoms with Gasteiger partial charge in [0.25, 0.3) is 11.5 Å². The van der Waals surface area contributed by atoms with Gasteiger partial charge in [0.15, 0.2) is 5.71 Å². The van der Waals surface area contributed by atoms with Crippen LogP contribution in [0.2, 0.25) is 0 Å². The monoisotopic (exact) mass is 860 g/mol. The molecule has 14 nitrogen and oxygen atoms in total. The maximum absolute atomic E-state index is 13.1. The van der Waals surface area contributed by atoms with Crippen molar-refractivity contribution in [1.29, 1.82) is 1.43 Å². The number of carbonyl (C=O) groups excluding carboxylic acids is 2. The van der Waals surface area contributed by atoms with Gasteiger partial charge < -0.3 is 20.6 Å². The van der Waals surface area contributed by atoms with Crippen molar-refractivity contribution in [2.75, 3.05) is 28.6 Å². The molecule has 2 bridgehead atoms. The molecule has 3 aliphatic rings. The summed E-state index contributed by atoms with van der Waals surface area (Å²) in [7, 11) is -4.43. The van der Waals surface area contributed by atoms with Crippen molar-refractivity contribution >= 4 is 68.4 Å². The van der Waals surface area contributed by atoms with Crippen LogP contribution >= 0.6 is 12.0 Å². The molecule has 16 heteroatoms. The number of hydrogen-bond donors (Lipinski definition) is 5. The van der Waals surface area contributed by atoms with Crippen molar-refractivity contribution in [2.45, 2.75) is 99.7 Å². The molecule has 318 valence electrons. The normalized spacial score (nSPS) is 20.9. The molecule has 3 heterocycles. The minimum atomic E-state index is -4.43. The molecule has 3 aromatic rings. The van der Waals surface area contributed by atoms with Crippen LogP contribution in [0.3, 0.4) is 0 Å². The molecule has 0 fully saturated rings. The Labute approximate surface area is 356 Å². The minimum Gasteiger partial charge on any atom is -0.478 e. The fraction of sp³-hybridized carbons (Fsp3) is 0.364. The van der Waals surface area contributed by atoms with Crippen LogP contribution in [0.4, 0.5) is 22.7 Å². The van der Waals surface area contributed by atoms with E-state index in [2.05, 4.69) is 50.2 Å². The molecule has 6 rings (SSSR count). The second kappa shape index (κ2) is 18.7. The predicted molar refractivity (Wildman–Crippen MR) is 231 cm³/mol. The summed E-state index contributed by atoms with van der Waals surface area (Å²) in [6.07, 6.45) is 14.5. The highest BCUT2D eigenvalue weighted by Crippen LogP contribution is 2.49. The maximum Gasteiger partial charge on any atom is 0.335 e.